The molecule has 0 saturated heterocycles. The number of benzene rings is 1. The zero-order valence-electron chi connectivity index (χ0n) is 16.0. The molecule has 0 spiro atoms. The van der Waals surface area contributed by atoms with Crippen LogP contribution in [-0.2, 0) is 13.0 Å². The first-order valence-electron chi connectivity index (χ1n) is 9.03. The average Bonchev–Trinajstić information content (AvgIpc) is 2.72. The summed E-state index contributed by atoms with van der Waals surface area (Å²) in [5.41, 5.74) is 3.19. The van der Waals surface area contributed by atoms with Gasteiger partial charge in [-0.15, -0.1) is 0 Å². The van der Waals surface area contributed by atoms with Crippen LogP contribution in [0.3, 0.4) is 0 Å². The standard InChI is InChI=1S/C21H23N5O2/c1-15-12-19(20(27)24-14-17-6-9-22-10-7-17)26-21(25-15)23-11-8-16-4-3-5-18(13-16)28-2/h3-7,9-10,12-13H,8,11,14H2,1-2H3,(H,24,27)(H,23,25,26). The Morgan fingerprint density at radius 1 is 1.07 bits per heavy atom. The zero-order valence-corrected chi connectivity index (χ0v) is 16.0. The molecule has 0 atom stereocenters. The van der Waals surface area contributed by atoms with Gasteiger partial charge in [0, 0.05) is 31.2 Å². The second-order valence-corrected chi connectivity index (χ2v) is 6.28. The Morgan fingerprint density at radius 2 is 1.89 bits per heavy atom. The predicted molar refractivity (Wildman–Crippen MR) is 107 cm³/mol. The molecule has 2 N–H and O–H groups in total. The Morgan fingerprint density at radius 3 is 2.68 bits per heavy atom. The molecule has 1 aromatic carbocycles. The molecule has 3 aromatic rings. The van der Waals surface area contributed by atoms with E-state index in [0.717, 1.165) is 29.0 Å². The lowest BCUT2D eigenvalue weighted by atomic mass is 10.1. The fraction of sp³-hybridized carbons (Fsp3) is 0.238. The van der Waals surface area contributed by atoms with Crippen LogP contribution in [0.4, 0.5) is 5.95 Å². The number of hydrogen-bond donors (Lipinski definition) is 2. The molecule has 0 radical (unpaired) electrons. The highest BCUT2D eigenvalue weighted by Gasteiger charge is 2.10. The molecule has 7 heteroatoms. The molecular formula is C21H23N5O2. The number of aryl methyl sites for hydroxylation is 1. The number of nitrogens with zero attached hydrogens (tertiary/aromatic N) is 3. The molecule has 2 heterocycles. The highest BCUT2D eigenvalue weighted by atomic mass is 16.5. The minimum atomic E-state index is -0.238. The van der Waals surface area contributed by atoms with Gasteiger partial charge in [-0.2, -0.15) is 0 Å². The maximum absolute atomic E-state index is 12.4. The molecule has 0 fully saturated rings. The Hall–Kier alpha value is -3.48. The van der Waals surface area contributed by atoms with Gasteiger partial charge in [0.05, 0.1) is 7.11 Å². The topological polar surface area (TPSA) is 89.0 Å². The molecule has 0 aliphatic heterocycles. The number of methoxy groups -OCH3 is 1. The summed E-state index contributed by atoms with van der Waals surface area (Å²) < 4.78 is 5.24. The quantitative estimate of drug-likeness (QED) is 0.627. The molecule has 28 heavy (non-hydrogen) atoms. The molecule has 7 nitrogen and oxygen atoms in total. The van der Waals surface area contributed by atoms with Gasteiger partial charge in [0.2, 0.25) is 5.95 Å². The normalized spacial score (nSPS) is 10.4. The summed E-state index contributed by atoms with van der Waals surface area (Å²) in [6, 6.07) is 13.3. The number of carbonyl (C=O) groups is 1. The van der Waals surface area contributed by atoms with E-state index in [1.807, 2.05) is 43.3 Å². The first-order valence-corrected chi connectivity index (χ1v) is 9.03. The summed E-state index contributed by atoms with van der Waals surface area (Å²) in [7, 11) is 1.65. The van der Waals surface area contributed by atoms with Crippen molar-refractivity contribution in [2.45, 2.75) is 19.9 Å². The van der Waals surface area contributed by atoms with E-state index in [9.17, 15) is 4.79 Å². The maximum Gasteiger partial charge on any atom is 0.270 e. The Bertz CT molecular complexity index is 931. The number of rotatable bonds is 8. The van der Waals surface area contributed by atoms with Crippen molar-refractivity contribution < 1.29 is 9.53 Å². The summed E-state index contributed by atoms with van der Waals surface area (Å²) in [5.74, 6) is 1.03. The minimum absolute atomic E-state index is 0.238. The van der Waals surface area contributed by atoms with Crippen LogP contribution in [0, 0.1) is 6.92 Å². The summed E-state index contributed by atoms with van der Waals surface area (Å²) in [6.07, 6.45) is 4.18. The van der Waals surface area contributed by atoms with Gasteiger partial charge in [-0.3, -0.25) is 9.78 Å². The minimum Gasteiger partial charge on any atom is -0.497 e. The average molecular weight is 377 g/mol. The van der Waals surface area contributed by atoms with Crippen LogP contribution in [-0.4, -0.2) is 34.5 Å². The number of ether oxygens (including phenoxy) is 1. The molecule has 2 aromatic heterocycles. The second kappa shape index (κ2) is 9.45. The fourth-order valence-electron chi connectivity index (χ4n) is 2.68. The van der Waals surface area contributed by atoms with E-state index in [-0.39, 0.29) is 5.91 Å². The van der Waals surface area contributed by atoms with Crippen molar-refractivity contribution in [3.05, 3.63) is 77.4 Å². The molecule has 1 amide bonds. The molecule has 0 bridgehead atoms. The van der Waals surface area contributed by atoms with Crippen molar-refractivity contribution >= 4 is 11.9 Å². The highest BCUT2D eigenvalue weighted by Crippen LogP contribution is 2.13. The summed E-state index contributed by atoms with van der Waals surface area (Å²) >= 11 is 0. The Labute approximate surface area is 164 Å². The van der Waals surface area contributed by atoms with Crippen LogP contribution in [0.15, 0.2) is 54.9 Å². The van der Waals surface area contributed by atoms with Crippen LogP contribution >= 0.6 is 0 Å². The molecular weight excluding hydrogens is 354 g/mol. The van der Waals surface area contributed by atoms with Crippen molar-refractivity contribution in [3.8, 4) is 5.75 Å². The molecule has 0 aliphatic carbocycles. The summed E-state index contributed by atoms with van der Waals surface area (Å²) in [5, 5.41) is 6.05. The van der Waals surface area contributed by atoms with Crippen LogP contribution in [0.5, 0.6) is 5.75 Å². The van der Waals surface area contributed by atoms with E-state index in [0.29, 0.717) is 24.7 Å². The van der Waals surface area contributed by atoms with Crippen molar-refractivity contribution in [1.82, 2.24) is 20.3 Å². The van der Waals surface area contributed by atoms with Crippen molar-refractivity contribution in [3.63, 3.8) is 0 Å². The van der Waals surface area contributed by atoms with E-state index in [1.54, 1.807) is 25.6 Å². The number of carbonyl (C=O) groups excluding carboxylic acids is 1. The number of hydrogen-bond acceptors (Lipinski definition) is 6. The van der Waals surface area contributed by atoms with Crippen LogP contribution in [0.25, 0.3) is 0 Å². The number of nitrogens with one attached hydrogen (secondary N) is 2. The first kappa shape index (κ1) is 19.3. The van der Waals surface area contributed by atoms with Gasteiger partial charge in [-0.05, 0) is 54.8 Å². The Kier molecular flexibility index (Phi) is 6.51. The molecule has 0 aliphatic rings. The van der Waals surface area contributed by atoms with E-state index < -0.39 is 0 Å². The Balaban J connectivity index is 1.58. The van der Waals surface area contributed by atoms with Gasteiger partial charge in [-0.25, -0.2) is 9.97 Å². The number of aromatic nitrogens is 3. The van der Waals surface area contributed by atoms with Crippen LogP contribution in [0.2, 0.25) is 0 Å². The molecule has 0 saturated carbocycles. The molecule has 3 rings (SSSR count). The van der Waals surface area contributed by atoms with Crippen LogP contribution < -0.4 is 15.4 Å². The lowest BCUT2D eigenvalue weighted by molar-refractivity contribution is 0.0945. The van der Waals surface area contributed by atoms with Crippen molar-refractivity contribution in [2.75, 3.05) is 19.0 Å². The zero-order chi connectivity index (χ0) is 19.8. The first-order chi connectivity index (χ1) is 13.6. The predicted octanol–water partition coefficient (Wildman–Crippen LogP) is 2.77. The van der Waals surface area contributed by atoms with E-state index in [4.69, 9.17) is 4.74 Å². The maximum atomic E-state index is 12.4. The third-order valence-electron chi connectivity index (χ3n) is 4.12. The smallest absolute Gasteiger partial charge is 0.270 e. The lowest BCUT2D eigenvalue weighted by Crippen LogP contribution is -2.24. The van der Waals surface area contributed by atoms with Gasteiger partial charge in [0.25, 0.3) is 5.91 Å². The van der Waals surface area contributed by atoms with E-state index in [2.05, 4.69) is 25.6 Å². The molecule has 0 unspecified atom stereocenters. The van der Waals surface area contributed by atoms with Crippen molar-refractivity contribution in [2.24, 2.45) is 0 Å². The lowest BCUT2D eigenvalue weighted by Gasteiger charge is -2.09. The number of pyridine rings is 1. The number of anilines is 1. The monoisotopic (exact) mass is 377 g/mol. The summed E-state index contributed by atoms with van der Waals surface area (Å²) in [6.45, 7) is 2.91. The third-order valence-corrected chi connectivity index (χ3v) is 4.12. The van der Waals surface area contributed by atoms with Gasteiger partial charge in [-0.1, -0.05) is 12.1 Å². The largest absolute Gasteiger partial charge is 0.497 e. The van der Waals surface area contributed by atoms with Gasteiger partial charge < -0.3 is 15.4 Å². The molecule has 144 valence electrons. The van der Waals surface area contributed by atoms with Crippen LogP contribution in [0.1, 0.15) is 27.3 Å². The van der Waals surface area contributed by atoms with Gasteiger partial charge in [0.1, 0.15) is 11.4 Å². The SMILES string of the molecule is COc1cccc(CCNc2nc(C)cc(C(=O)NCc3ccncc3)n2)c1. The second-order valence-electron chi connectivity index (χ2n) is 6.28. The van der Waals surface area contributed by atoms with Gasteiger partial charge >= 0.3 is 0 Å². The van der Waals surface area contributed by atoms with E-state index >= 15 is 0 Å². The number of amides is 1. The van der Waals surface area contributed by atoms with Crippen molar-refractivity contribution in [1.29, 1.82) is 0 Å². The fourth-order valence-corrected chi connectivity index (χ4v) is 2.68. The van der Waals surface area contributed by atoms with Gasteiger partial charge in [0.15, 0.2) is 0 Å². The summed E-state index contributed by atoms with van der Waals surface area (Å²) in [4.78, 5) is 25.1. The highest BCUT2D eigenvalue weighted by molar-refractivity contribution is 5.92. The third kappa shape index (κ3) is 5.51. The van der Waals surface area contributed by atoms with E-state index in [1.165, 1.54) is 0 Å².